The molecule has 0 saturated carbocycles. The largest absolute Gasteiger partial charge is 0.495 e. The van der Waals surface area contributed by atoms with Crippen molar-refractivity contribution in [3.8, 4) is 5.75 Å². The highest BCUT2D eigenvalue weighted by Crippen LogP contribution is 2.27. The average molecular weight is 482 g/mol. The molecule has 0 spiro atoms. The second-order valence-electron chi connectivity index (χ2n) is 8.10. The number of anilines is 2. The van der Waals surface area contributed by atoms with Crippen LogP contribution in [0.4, 0.5) is 11.8 Å². The quantitative estimate of drug-likeness (QED) is 0.429. The number of halogens is 1. The highest BCUT2D eigenvalue weighted by molar-refractivity contribution is 6.32. The summed E-state index contributed by atoms with van der Waals surface area (Å²) in [5.41, 5.74) is 2.26. The molecule has 34 heavy (non-hydrogen) atoms. The minimum absolute atomic E-state index is 0.0222. The van der Waals surface area contributed by atoms with Crippen molar-refractivity contribution < 1.29 is 14.6 Å². The van der Waals surface area contributed by atoms with Crippen LogP contribution in [-0.2, 0) is 13.1 Å². The maximum atomic E-state index is 13.0. The predicted octanol–water partition coefficient (Wildman–Crippen LogP) is 3.64. The van der Waals surface area contributed by atoms with E-state index in [0.717, 1.165) is 30.5 Å². The van der Waals surface area contributed by atoms with E-state index >= 15 is 0 Å². The van der Waals surface area contributed by atoms with Gasteiger partial charge < -0.3 is 25.4 Å². The minimum atomic E-state index is -0.272. The lowest BCUT2D eigenvalue weighted by Crippen LogP contribution is -2.34. The van der Waals surface area contributed by atoms with Gasteiger partial charge in [0.1, 0.15) is 17.1 Å². The average Bonchev–Trinajstić information content (AvgIpc) is 3.35. The van der Waals surface area contributed by atoms with Crippen LogP contribution < -0.4 is 20.3 Å². The lowest BCUT2D eigenvalue weighted by Gasteiger charge is -2.24. The van der Waals surface area contributed by atoms with Crippen LogP contribution in [0.2, 0.25) is 5.02 Å². The van der Waals surface area contributed by atoms with E-state index in [9.17, 15) is 9.90 Å². The lowest BCUT2D eigenvalue weighted by atomic mass is 10.2. The topological polar surface area (TPSA) is 99.6 Å². The Balaban J connectivity index is 1.56. The van der Waals surface area contributed by atoms with E-state index in [4.69, 9.17) is 16.3 Å². The standard InChI is InChI=1S/C25H28ClN5O3/c1-34-22-10-9-18(12-21(22)26)14-27-23-20(24(33)28-13-17-6-3-2-4-7-17)15-29-25(30-23)31-11-5-8-19(31)16-32/h2-4,6-7,9-10,12,15,19,32H,5,8,11,13-14,16H2,1H3,(H,28,33)(H,27,29,30)/t19-/m0/s1. The van der Waals surface area contributed by atoms with Gasteiger partial charge in [-0.15, -0.1) is 0 Å². The zero-order chi connectivity index (χ0) is 23.9. The normalized spacial score (nSPS) is 15.3. The maximum absolute atomic E-state index is 13.0. The highest BCUT2D eigenvalue weighted by atomic mass is 35.5. The first-order valence-corrected chi connectivity index (χ1v) is 11.6. The number of nitrogens with zero attached hydrogens (tertiary/aromatic N) is 3. The van der Waals surface area contributed by atoms with Gasteiger partial charge in [0.2, 0.25) is 5.95 Å². The number of rotatable bonds is 9. The Morgan fingerprint density at radius 2 is 2.03 bits per heavy atom. The first-order chi connectivity index (χ1) is 16.6. The summed E-state index contributed by atoms with van der Waals surface area (Å²) in [6, 6.07) is 15.2. The third kappa shape index (κ3) is 5.58. The van der Waals surface area contributed by atoms with E-state index in [1.807, 2.05) is 47.4 Å². The van der Waals surface area contributed by atoms with Gasteiger partial charge in [-0.2, -0.15) is 4.98 Å². The molecule has 0 radical (unpaired) electrons. The second kappa shape index (κ2) is 11.2. The van der Waals surface area contributed by atoms with Crippen LogP contribution in [0.25, 0.3) is 0 Å². The molecule has 0 aliphatic carbocycles. The number of methoxy groups -OCH3 is 1. The van der Waals surface area contributed by atoms with Crippen molar-refractivity contribution in [3.63, 3.8) is 0 Å². The molecular weight excluding hydrogens is 454 g/mol. The Bertz CT molecular complexity index is 1130. The van der Waals surface area contributed by atoms with Gasteiger partial charge in [0.15, 0.2) is 0 Å². The maximum Gasteiger partial charge on any atom is 0.256 e. The molecule has 8 nitrogen and oxygen atoms in total. The molecule has 2 heterocycles. The number of nitrogens with one attached hydrogen (secondary N) is 2. The summed E-state index contributed by atoms with van der Waals surface area (Å²) in [7, 11) is 1.57. The Hall–Kier alpha value is -3.36. The van der Waals surface area contributed by atoms with Gasteiger partial charge in [0, 0.05) is 25.8 Å². The summed E-state index contributed by atoms with van der Waals surface area (Å²) in [5, 5.41) is 16.4. The van der Waals surface area contributed by atoms with Crippen molar-refractivity contribution in [1.82, 2.24) is 15.3 Å². The van der Waals surface area contributed by atoms with E-state index < -0.39 is 0 Å². The van der Waals surface area contributed by atoms with Crippen LogP contribution >= 0.6 is 11.6 Å². The van der Waals surface area contributed by atoms with Crippen molar-refractivity contribution in [2.24, 2.45) is 0 Å². The smallest absolute Gasteiger partial charge is 0.256 e. The fraction of sp³-hybridized carbons (Fsp3) is 0.320. The number of amides is 1. The summed E-state index contributed by atoms with van der Waals surface area (Å²) in [5.74, 6) is 1.24. The number of carbonyl (C=O) groups is 1. The van der Waals surface area contributed by atoms with E-state index in [-0.39, 0.29) is 18.6 Å². The first-order valence-electron chi connectivity index (χ1n) is 11.2. The van der Waals surface area contributed by atoms with Gasteiger partial charge in [0.05, 0.1) is 24.8 Å². The molecule has 0 unspecified atom stereocenters. The number of hydrogen-bond donors (Lipinski definition) is 3. The number of benzene rings is 2. The highest BCUT2D eigenvalue weighted by Gasteiger charge is 2.27. The molecule has 0 bridgehead atoms. The molecule has 1 atom stereocenters. The Kier molecular flexibility index (Phi) is 7.82. The van der Waals surface area contributed by atoms with Crippen molar-refractivity contribution in [3.05, 3.63) is 76.4 Å². The predicted molar refractivity (Wildman–Crippen MR) is 132 cm³/mol. The third-order valence-corrected chi connectivity index (χ3v) is 6.13. The Morgan fingerprint density at radius 1 is 1.21 bits per heavy atom. The molecular formula is C25H28ClN5O3. The van der Waals surface area contributed by atoms with Gasteiger partial charge in [-0.3, -0.25) is 4.79 Å². The van der Waals surface area contributed by atoms with E-state index in [1.165, 1.54) is 0 Å². The van der Waals surface area contributed by atoms with Gasteiger partial charge in [-0.1, -0.05) is 48.0 Å². The molecule has 1 aromatic heterocycles. The van der Waals surface area contributed by atoms with Crippen molar-refractivity contribution in [2.75, 3.05) is 30.5 Å². The fourth-order valence-corrected chi connectivity index (χ4v) is 4.26. The zero-order valence-electron chi connectivity index (χ0n) is 19.0. The van der Waals surface area contributed by atoms with Crippen molar-refractivity contribution >= 4 is 29.3 Å². The molecule has 2 aromatic carbocycles. The molecule has 3 aromatic rings. The molecule has 1 amide bonds. The molecule has 178 valence electrons. The Morgan fingerprint density at radius 3 is 2.76 bits per heavy atom. The summed E-state index contributed by atoms with van der Waals surface area (Å²) in [6.07, 6.45) is 3.38. The van der Waals surface area contributed by atoms with Crippen molar-refractivity contribution in [2.45, 2.75) is 32.0 Å². The van der Waals surface area contributed by atoms with Crippen LogP contribution in [0, 0.1) is 0 Å². The molecule has 1 fully saturated rings. The molecule has 4 rings (SSSR count). The Labute approximate surface area is 203 Å². The van der Waals surface area contributed by atoms with E-state index in [1.54, 1.807) is 19.4 Å². The fourth-order valence-electron chi connectivity index (χ4n) is 3.98. The monoisotopic (exact) mass is 481 g/mol. The van der Waals surface area contributed by atoms with Crippen molar-refractivity contribution in [1.29, 1.82) is 0 Å². The number of aromatic nitrogens is 2. The third-order valence-electron chi connectivity index (χ3n) is 5.84. The SMILES string of the molecule is COc1ccc(CNc2nc(N3CCC[C@H]3CO)ncc2C(=O)NCc2ccccc2)cc1Cl. The summed E-state index contributed by atoms with van der Waals surface area (Å²) >= 11 is 6.26. The van der Waals surface area contributed by atoms with Gasteiger partial charge in [0.25, 0.3) is 5.91 Å². The van der Waals surface area contributed by atoms with Crippen LogP contribution in [-0.4, -0.2) is 47.3 Å². The van der Waals surface area contributed by atoms with Gasteiger partial charge >= 0.3 is 0 Å². The molecule has 1 aliphatic rings. The van der Waals surface area contributed by atoms with Gasteiger partial charge in [-0.05, 0) is 36.1 Å². The number of hydrogen-bond acceptors (Lipinski definition) is 7. The molecule has 3 N–H and O–H groups in total. The zero-order valence-corrected chi connectivity index (χ0v) is 19.8. The van der Waals surface area contributed by atoms with Crippen LogP contribution in [0.5, 0.6) is 5.75 Å². The van der Waals surface area contributed by atoms with Crippen LogP contribution in [0.3, 0.4) is 0 Å². The van der Waals surface area contributed by atoms with Crippen LogP contribution in [0.1, 0.15) is 34.3 Å². The number of aliphatic hydroxyl groups is 1. The minimum Gasteiger partial charge on any atom is -0.495 e. The van der Waals surface area contributed by atoms with E-state index in [2.05, 4.69) is 20.6 Å². The second-order valence-corrected chi connectivity index (χ2v) is 8.50. The lowest BCUT2D eigenvalue weighted by molar-refractivity contribution is 0.0951. The number of ether oxygens (including phenoxy) is 1. The summed E-state index contributed by atoms with van der Waals surface area (Å²) in [6.45, 7) is 1.60. The number of carbonyl (C=O) groups excluding carboxylic acids is 1. The molecule has 1 saturated heterocycles. The number of aliphatic hydroxyl groups excluding tert-OH is 1. The molecule has 9 heteroatoms. The summed E-state index contributed by atoms with van der Waals surface area (Å²) in [4.78, 5) is 24.1. The molecule has 1 aliphatic heterocycles. The van der Waals surface area contributed by atoms with E-state index in [0.29, 0.717) is 41.2 Å². The van der Waals surface area contributed by atoms with Gasteiger partial charge in [-0.25, -0.2) is 4.98 Å². The first kappa shape index (κ1) is 23.8. The van der Waals surface area contributed by atoms with Crippen LogP contribution in [0.15, 0.2) is 54.7 Å². The summed E-state index contributed by atoms with van der Waals surface area (Å²) < 4.78 is 5.22.